The summed E-state index contributed by atoms with van der Waals surface area (Å²) in [6.45, 7) is 6.98. The Morgan fingerprint density at radius 1 is 1.50 bits per heavy atom. The molecule has 2 heterocycles. The molecule has 0 radical (unpaired) electrons. The largest absolute Gasteiger partial charge is 0.376 e. The zero-order chi connectivity index (χ0) is 18.7. The summed E-state index contributed by atoms with van der Waals surface area (Å²) in [4.78, 5) is 24.6. The highest BCUT2D eigenvalue weighted by Gasteiger charge is 2.23. The number of H-pyrrole nitrogens is 1. The number of hydrogen-bond acceptors (Lipinski definition) is 5. The minimum Gasteiger partial charge on any atom is -0.376 e. The van der Waals surface area contributed by atoms with E-state index in [9.17, 15) is 9.59 Å². The molecule has 0 bridgehead atoms. The second kappa shape index (κ2) is 8.09. The number of carbonyl (C=O) groups is 1. The fourth-order valence-electron chi connectivity index (χ4n) is 2.95. The molecule has 0 unspecified atom stereocenters. The van der Waals surface area contributed by atoms with E-state index in [0.717, 1.165) is 36.3 Å². The molecule has 2 aromatic rings. The van der Waals surface area contributed by atoms with Crippen molar-refractivity contribution >= 4 is 23.4 Å². The van der Waals surface area contributed by atoms with Crippen molar-refractivity contribution in [3.05, 3.63) is 39.8 Å². The summed E-state index contributed by atoms with van der Waals surface area (Å²) >= 11 is 1.26. The number of aromatic amines is 1. The molecule has 1 aromatic carbocycles. The quantitative estimate of drug-likeness (QED) is 0.756. The summed E-state index contributed by atoms with van der Waals surface area (Å²) in [5.41, 5.74) is 2.69. The molecule has 1 aliphatic heterocycles. The molecule has 0 saturated carbocycles. The van der Waals surface area contributed by atoms with Gasteiger partial charge in [0.05, 0.1) is 17.9 Å². The van der Waals surface area contributed by atoms with Gasteiger partial charge >= 0.3 is 5.69 Å². The van der Waals surface area contributed by atoms with Crippen LogP contribution in [0.3, 0.4) is 0 Å². The lowest BCUT2D eigenvalue weighted by molar-refractivity contribution is -0.115. The second-order valence-corrected chi connectivity index (χ2v) is 7.93. The molecular formula is C18H24N4O3S. The molecule has 140 valence electrons. The first-order valence-corrected chi connectivity index (χ1v) is 9.63. The summed E-state index contributed by atoms with van der Waals surface area (Å²) < 4.78 is 7.16. The predicted octanol–water partition coefficient (Wildman–Crippen LogP) is 2.49. The van der Waals surface area contributed by atoms with Crippen LogP contribution in [0.1, 0.15) is 30.9 Å². The first-order valence-electron chi connectivity index (χ1n) is 8.75. The summed E-state index contributed by atoms with van der Waals surface area (Å²) in [5, 5.41) is 9.60. The van der Waals surface area contributed by atoms with Gasteiger partial charge in [-0.25, -0.2) is 9.89 Å². The van der Waals surface area contributed by atoms with Crippen molar-refractivity contribution < 1.29 is 9.53 Å². The lowest BCUT2D eigenvalue weighted by atomic mass is 10.1. The number of amides is 1. The number of ether oxygens (including phenoxy) is 1. The third-order valence-electron chi connectivity index (χ3n) is 4.42. The minimum absolute atomic E-state index is 0.0315. The van der Waals surface area contributed by atoms with Crippen molar-refractivity contribution in [2.45, 2.75) is 56.7 Å². The SMILES string of the molecule is Cc1ccc(NC(=O)[C@H](C)Sc2n[nH]c(=O)n2C[C@H]2CCCO2)c(C)c1. The van der Waals surface area contributed by atoms with E-state index >= 15 is 0 Å². The number of benzene rings is 1. The van der Waals surface area contributed by atoms with Crippen LogP contribution in [0.4, 0.5) is 5.69 Å². The van der Waals surface area contributed by atoms with Crippen molar-refractivity contribution in [1.82, 2.24) is 14.8 Å². The Labute approximate surface area is 156 Å². The van der Waals surface area contributed by atoms with Gasteiger partial charge in [0.15, 0.2) is 5.16 Å². The normalized spacial score (nSPS) is 18.0. The van der Waals surface area contributed by atoms with E-state index in [1.165, 1.54) is 11.8 Å². The topological polar surface area (TPSA) is 89.0 Å². The fraction of sp³-hybridized carbons (Fsp3) is 0.500. The molecule has 26 heavy (non-hydrogen) atoms. The van der Waals surface area contributed by atoms with Gasteiger partial charge in [0.25, 0.3) is 0 Å². The van der Waals surface area contributed by atoms with E-state index in [1.807, 2.05) is 32.0 Å². The standard InChI is InChI=1S/C18H24N4O3S/c1-11-6-7-15(12(2)9-11)19-16(23)13(3)26-18-21-20-17(24)22(18)10-14-5-4-8-25-14/h6-7,9,13-14H,4-5,8,10H2,1-3H3,(H,19,23)(H,20,24)/t13-,14+/m0/s1. The Hall–Kier alpha value is -2.06. The van der Waals surface area contributed by atoms with Gasteiger partial charge in [-0.15, -0.1) is 5.10 Å². The molecule has 0 aliphatic carbocycles. The number of aromatic nitrogens is 3. The molecule has 2 atom stereocenters. The first-order chi connectivity index (χ1) is 12.4. The number of thioether (sulfide) groups is 1. The average molecular weight is 376 g/mol. The average Bonchev–Trinajstić information content (AvgIpc) is 3.22. The van der Waals surface area contributed by atoms with Crippen LogP contribution in [0.2, 0.25) is 0 Å². The van der Waals surface area contributed by atoms with Gasteiger partial charge in [-0.05, 0) is 45.2 Å². The molecule has 2 N–H and O–H groups in total. The Bertz CT molecular complexity index is 839. The van der Waals surface area contributed by atoms with Crippen LogP contribution in [0, 0.1) is 13.8 Å². The molecule has 7 nitrogen and oxygen atoms in total. The van der Waals surface area contributed by atoms with Crippen LogP contribution in [-0.4, -0.2) is 38.6 Å². The first kappa shape index (κ1) is 18.7. The van der Waals surface area contributed by atoms with Crippen LogP contribution in [0.25, 0.3) is 0 Å². The summed E-state index contributed by atoms with van der Waals surface area (Å²) in [6, 6.07) is 5.90. The molecule has 0 spiro atoms. The van der Waals surface area contributed by atoms with Crippen molar-refractivity contribution in [2.75, 3.05) is 11.9 Å². The maximum absolute atomic E-state index is 12.5. The van der Waals surface area contributed by atoms with Gasteiger partial charge in [-0.3, -0.25) is 9.36 Å². The van der Waals surface area contributed by atoms with Gasteiger partial charge in [-0.2, -0.15) is 0 Å². The van der Waals surface area contributed by atoms with E-state index in [0.29, 0.717) is 11.7 Å². The van der Waals surface area contributed by atoms with Gasteiger partial charge in [0.2, 0.25) is 5.91 Å². The monoisotopic (exact) mass is 376 g/mol. The molecular weight excluding hydrogens is 352 g/mol. The van der Waals surface area contributed by atoms with Crippen LogP contribution in [0.15, 0.2) is 28.2 Å². The summed E-state index contributed by atoms with van der Waals surface area (Å²) in [6.07, 6.45) is 1.97. The van der Waals surface area contributed by atoms with Crippen LogP contribution in [0.5, 0.6) is 0 Å². The Morgan fingerprint density at radius 3 is 3.00 bits per heavy atom. The highest BCUT2D eigenvalue weighted by atomic mass is 32.2. The highest BCUT2D eigenvalue weighted by Crippen LogP contribution is 2.24. The molecule has 1 aromatic heterocycles. The van der Waals surface area contributed by atoms with E-state index in [-0.39, 0.29) is 17.7 Å². The number of carbonyl (C=O) groups excluding carboxylic acids is 1. The maximum atomic E-state index is 12.5. The summed E-state index contributed by atoms with van der Waals surface area (Å²) in [5.74, 6) is -0.124. The minimum atomic E-state index is -0.394. The number of nitrogens with zero attached hydrogens (tertiary/aromatic N) is 2. The van der Waals surface area contributed by atoms with Gasteiger partial charge < -0.3 is 10.1 Å². The molecule has 1 saturated heterocycles. The van der Waals surface area contributed by atoms with Crippen LogP contribution >= 0.6 is 11.8 Å². The molecule has 8 heteroatoms. The third kappa shape index (κ3) is 4.37. The lowest BCUT2D eigenvalue weighted by Crippen LogP contribution is -2.27. The molecule has 1 fully saturated rings. The van der Waals surface area contributed by atoms with Crippen molar-refractivity contribution in [1.29, 1.82) is 0 Å². The highest BCUT2D eigenvalue weighted by molar-refractivity contribution is 8.00. The van der Waals surface area contributed by atoms with E-state index in [2.05, 4.69) is 15.5 Å². The zero-order valence-electron chi connectivity index (χ0n) is 15.2. The molecule has 3 rings (SSSR count). The predicted molar refractivity (Wildman–Crippen MR) is 102 cm³/mol. The number of anilines is 1. The number of nitrogens with one attached hydrogen (secondary N) is 2. The smallest absolute Gasteiger partial charge is 0.344 e. The number of aryl methyl sites for hydroxylation is 2. The molecule has 1 aliphatic rings. The van der Waals surface area contributed by atoms with Gasteiger partial charge in [0.1, 0.15) is 0 Å². The van der Waals surface area contributed by atoms with Gasteiger partial charge in [-0.1, -0.05) is 29.5 Å². The van der Waals surface area contributed by atoms with Crippen LogP contribution < -0.4 is 11.0 Å². The van der Waals surface area contributed by atoms with Crippen molar-refractivity contribution in [2.24, 2.45) is 0 Å². The molecule has 1 amide bonds. The maximum Gasteiger partial charge on any atom is 0.344 e. The number of hydrogen-bond donors (Lipinski definition) is 2. The summed E-state index contributed by atoms with van der Waals surface area (Å²) in [7, 11) is 0. The van der Waals surface area contributed by atoms with Crippen molar-refractivity contribution in [3.63, 3.8) is 0 Å². The Kier molecular flexibility index (Phi) is 5.83. The van der Waals surface area contributed by atoms with Gasteiger partial charge in [0, 0.05) is 12.3 Å². The van der Waals surface area contributed by atoms with E-state index < -0.39 is 5.25 Å². The van der Waals surface area contributed by atoms with Crippen LogP contribution in [-0.2, 0) is 16.1 Å². The fourth-order valence-corrected chi connectivity index (χ4v) is 3.81. The number of rotatable bonds is 6. The second-order valence-electron chi connectivity index (χ2n) is 6.62. The lowest BCUT2D eigenvalue weighted by Gasteiger charge is -2.15. The van der Waals surface area contributed by atoms with Crippen molar-refractivity contribution in [3.8, 4) is 0 Å². The Morgan fingerprint density at radius 2 is 2.31 bits per heavy atom. The Balaban J connectivity index is 1.66. The van der Waals surface area contributed by atoms with E-state index in [4.69, 9.17) is 4.74 Å². The van der Waals surface area contributed by atoms with E-state index in [1.54, 1.807) is 11.5 Å². The zero-order valence-corrected chi connectivity index (χ0v) is 16.1. The third-order valence-corrected chi connectivity index (χ3v) is 5.51.